The molecule has 0 aromatic carbocycles. The Morgan fingerprint density at radius 1 is 1.26 bits per heavy atom. The van der Waals surface area contributed by atoms with Crippen LogP contribution in [0.1, 0.15) is 44.0 Å². The lowest BCUT2D eigenvalue weighted by atomic mass is 10.1. The van der Waals surface area contributed by atoms with E-state index in [0.29, 0.717) is 0 Å². The maximum Gasteiger partial charge on any atom is 0.132 e. The molecule has 0 saturated carbocycles. The molecule has 0 aliphatic heterocycles. The van der Waals surface area contributed by atoms with Crippen molar-refractivity contribution in [3.63, 3.8) is 0 Å². The Morgan fingerprint density at radius 2 is 2.05 bits per heavy atom. The molecule has 0 fully saturated rings. The highest BCUT2D eigenvalue weighted by Gasteiger charge is 2.22. The molecule has 2 aromatic heterocycles. The number of aromatic nitrogens is 4. The minimum Gasteiger partial charge on any atom is -0.334 e. The molecule has 104 valence electrons. The number of aryl methyl sites for hydroxylation is 3. The van der Waals surface area contributed by atoms with Crippen molar-refractivity contribution >= 4 is 0 Å². The van der Waals surface area contributed by atoms with Crippen LogP contribution in [0.2, 0.25) is 0 Å². The van der Waals surface area contributed by atoms with Gasteiger partial charge >= 0.3 is 0 Å². The van der Waals surface area contributed by atoms with E-state index < -0.39 is 0 Å². The summed E-state index contributed by atoms with van der Waals surface area (Å²) < 4.78 is 4.23. The molecule has 5 heteroatoms. The van der Waals surface area contributed by atoms with E-state index in [1.807, 2.05) is 19.3 Å². The molecule has 0 saturated heterocycles. The fourth-order valence-electron chi connectivity index (χ4n) is 2.43. The fraction of sp³-hybridized carbons (Fsp3) is 0.571. The second-order valence-electron chi connectivity index (χ2n) is 4.59. The highest BCUT2D eigenvalue weighted by atomic mass is 15.3. The predicted octanol–water partition coefficient (Wildman–Crippen LogP) is 2.13. The number of nitrogens with zero attached hydrogens (tertiary/aromatic N) is 4. The molecule has 0 bridgehead atoms. The molecule has 5 nitrogen and oxygen atoms in total. The van der Waals surface area contributed by atoms with Crippen LogP contribution >= 0.6 is 0 Å². The molecule has 0 amide bonds. The Morgan fingerprint density at radius 3 is 2.68 bits per heavy atom. The normalized spacial score (nSPS) is 12.8. The van der Waals surface area contributed by atoms with Crippen LogP contribution < -0.4 is 5.32 Å². The number of imidazole rings is 1. The molecule has 1 unspecified atom stereocenters. The smallest absolute Gasteiger partial charge is 0.132 e. The molecule has 0 aliphatic carbocycles. The second-order valence-corrected chi connectivity index (χ2v) is 4.59. The maximum absolute atomic E-state index is 4.54. The lowest BCUT2D eigenvalue weighted by molar-refractivity contribution is 0.505. The summed E-state index contributed by atoms with van der Waals surface area (Å²) in [5.41, 5.74) is 2.23. The van der Waals surface area contributed by atoms with Crippen molar-refractivity contribution in [1.29, 1.82) is 0 Å². The molecule has 19 heavy (non-hydrogen) atoms. The van der Waals surface area contributed by atoms with Gasteiger partial charge in [0, 0.05) is 25.5 Å². The van der Waals surface area contributed by atoms with Gasteiger partial charge in [-0.05, 0) is 33.4 Å². The monoisotopic (exact) mass is 261 g/mol. The molecular weight excluding hydrogens is 238 g/mol. The van der Waals surface area contributed by atoms with E-state index in [9.17, 15) is 0 Å². The number of rotatable bonds is 6. The Balaban J connectivity index is 2.44. The van der Waals surface area contributed by atoms with Gasteiger partial charge in [-0.15, -0.1) is 0 Å². The molecule has 0 aliphatic rings. The van der Waals surface area contributed by atoms with E-state index >= 15 is 0 Å². The first-order valence-electron chi connectivity index (χ1n) is 6.99. The van der Waals surface area contributed by atoms with E-state index in [1.165, 1.54) is 5.69 Å². The van der Waals surface area contributed by atoms with Crippen LogP contribution in [0.5, 0.6) is 0 Å². The highest BCUT2D eigenvalue weighted by Crippen LogP contribution is 2.21. The van der Waals surface area contributed by atoms with Crippen LogP contribution in [-0.2, 0) is 13.1 Å². The zero-order valence-corrected chi connectivity index (χ0v) is 12.2. The summed E-state index contributed by atoms with van der Waals surface area (Å²) in [5.74, 6) is 1.05. The topological polar surface area (TPSA) is 47.7 Å². The molecule has 2 aromatic rings. The van der Waals surface area contributed by atoms with Crippen LogP contribution in [0.4, 0.5) is 0 Å². The van der Waals surface area contributed by atoms with Gasteiger partial charge in [0.25, 0.3) is 0 Å². The zero-order valence-electron chi connectivity index (χ0n) is 12.2. The van der Waals surface area contributed by atoms with Crippen molar-refractivity contribution in [3.8, 4) is 0 Å². The molecule has 1 N–H and O–H groups in total. The molecule has 2 rings (SSSR count). The van der Waals surface area contributed by atoms with E-state index in [4.69, 9.17) is 0 Å². The first-order chi connectivity index (χ1) is 9.21. The van der Waals surface area contributed by atoms with Crippen LogP contribution in [0.3, 0.4) is 0 Å². The van der Waals surface area contributed by atoms with E-state index in [1.54, 1.807) is 0 Å². The fourth-order valence-corrected chi connectivity index (χ4v) is 2.43. The predicted molar refractivity (Wildman–Crippen MR) is 76.1 cm³/mol. The van der Waals surface area contributed by atoms with Gasteiger partial charge in [0.05, 0.1) is 11.4 Å². The third-order valence-electron chi connectivity index (χ3n) is 3.28. The third-order valence-corrected chi connectivity index (χ3v) is 3.28. The maximum atomic E-state index is 4.54. The summed E-state index contributed by atoms with van der Waals surface area (Å²) in [6.45, 7) is 11.1. The molecular formula is C14H23N5. The zero-order chi connectivity index (χ0) is 13.8. The first-order valence-corrected chi connectivity index (χ1v) is 6.99. The van der Waals surface area contributed by atoms with Crippen LogP contribution in [0.15, 0.2) is 18.5 Å². The molecule has 0 spiro atoms. The Labute approximate surface area is 114 Å². The van der Waals surface area contributed by atoms with E-state index in [2.05, 4.69) is 51.5 Å². The van der Waals surface area contributed by atoms with Crippen molar-refractivity contribution in [2.75, 3.05) is 6.54 Å². The van der Waals surface area contributed by atoms with Gasteiger partial charge in [0.15, 0.2) is 0 Å². The largest absolute Gasteiger partial charge is 0.334 e. The molecule has 1 atom stereocenters. The lowest BCUT2D eigenvalue weighted by Crippen LogP contribution is -2.27. The lowest BCUT2D eigenvalue weighted by Gasteiger charge is -2.19. The van der Waals surface area contributed by atoms with Crippen molar-refractivity contribution in [2.45, 2.75) is 46.8 Å². The average molecular weight is 261 g/mol. The van der Waals surface area contributed by atoms with Crippen molar-refractivity contribution in [1.82, 2.24) is 24.6 Å². The summed E-state index contributed by atoms with van der Waals surface area (Å²) >= 11 is 0. The minimum atomic E-state index is 0.0982. The SMILES string of the molecule is CCNC(c1nccn1CC)c1cc(C)nn1CC. The summed E-state index contributed by atoms with van der Waals surface area (Å²) in [6.07, 6.45) is 3.89. The van der Waals surface area contributed by atoms with Crippen LogP contribution in [0.25, 0.3) is 0 Å². The Kier molecular flexibility index (Phi) is 4.37. The minimum absolute atomic E-state index is 0.0982. The number of hydrogen-bond acceptors (Lipinski definition) is 3. The van der Waals surface area contributed by atoms with Gasteiger partial charge in [0.2, 0.25) is 0 Å². The number of nitrogens with one attached hydrogen (secondary N) is 1. The summed E-state index contributed by atoms with van der Waals surface area (Å²) in [4.78, 5) is 4.53. The average Bonchev–Trinajstić information content (AvgIpc) is 3.01. The quantitative estimate of drug-likeness (QED) is 0.866. The highest BCUT2D eigenvalue weighted by molar-refractivity contribution is 5.21. The first kappa shape index (κ1) is 13.8. The van der Waals surface area contributed by atoms with Crippen molar-refractivity contribution < 1.29 is 0 Å². The summed E-state index contributed by atoms with van der Waals surface area (Å²) in [5, 5.41) is 8.06. The van der Waals surface area contributed by atoms with Gasteiger partial charge in [-0.2, -0.15) is 5.10 Å². The standard InChI is InChI=1S/C14H23N5/c1-5-15-13(14-16-8-9-18(14)6-2)12-10-11(4)17-19(12)7-3/h8-10,13,15H,5-7H2,1-4H3. The summed E-state index contributed by atoms with van der Waals surface area (Å²) in [6, 6.07) is 2.24. The Bertz CT molecular complexity index is 526. The van der Waals surface area contributed by atoms with Crippen molar-refractivity contribution in [2.24, 2.45) is 0 Å². The molecule has 2 heterocycles. The number of hydrogen-bond donors (Lipinski definition) is 1. The van der Waals surface area contributed by atoms with Gasteiger partial charge < -0.3 is 9.88 Å². The summed E-state index contributed by atoms with van der Waals surface area (Å²) in [7, 11) is 0. The van der Waals surface area contributed by atoms with E-state index in [-0.39, 0.29) is 6.04 Å². The Hall–Kier alpha value is -1.62. The third kappa shape index (κ3) is 2.71. The second kappa shape index (κ2) is 6.02. The van der Waals surface area contributed by atoms with Gasteiger partial charge in [-0.1, -0.05) is 6.92 Å². The van der Waals surface area contributed by atoms with Gasteiger partial charge in [0.1, 0.15) is 11.9 Å². The van der Waals surface area contributed by atoms with E-state index in [0.717, 1.165) is 31.2 Å². The van der Waals surface area contributed by atoms with Crippen LogP contribution in [0, 0.1) is 6.92 Å². The molecule has 0 radical (unpaired) electrons. The van der Waals surface area contributed by atoms with Crippen LogP contribution in [-0.4, -0.2) is 25.9 Å². The van der Waals surface area contributed by atoms with Gasteiger partial charge in [-0.25, -0.2) is 4.98 Å². The van der Waals surface area contributed by atoms with Gasteiger partial charge in [-0.3, -0.25) is 4.68 Å². The van der Waals surface area contributed by atoms with Crippen molar-refractivity contribution in [3.05, 3.63) is 35.7 Å².